The van der Waals surface area contributed by atoms with Crippen LogP contribution in [0.15, 0.2) is 12.3 Å². The van der Waals surface area contributed by atoms with Gasteiger partial charge < -0.3 is 9.80 Å². The molecule has 0 aromatic carbocycles. The molecule has 0 bridgehead atoms. The number of hydrogen-bond acceptors (Lipinski definition) is 4. The lowest BCUT2D eigenvalue weighted by molar-refractivity contribution is -0.138. The number of aromatic nitrogens is 1. The Bertz CT molecular complexity index is 651. The average Bonchev–Trinajstić information content (AvgIpc) is 2.64. The highest BCUT2D eigenvalue weighted by molar-refractivity contribution is 7.98. The van der Waals surface area contributed by atoms with Crippen molar-refractivity contribution in [2.75, 3.05) is 37.0 Å². The first kappa shape index (κ1) is 22.1. The van der Waals surface area contributed by atoms with Crippen molar-refractivity contribution in [2.45, 2.75) is 38.4 Å². The third kappa shape index (κ3) is 5.44. The zero-order chi connectivity index (χ0) is 20.2. The second-order valence-corrected chi connectivity index (χ2v) is 8.07. The lowest BCUT2D eigenvalue weighted by Crippen LogP contribution is -2.45. The maximum atomic E-state index is 12.8. The number of piperidine rings is 1. The number of hydrogen-bond donors (Lipinski definition) is 0. The van der Waals surface area contributed by atoms with Gasteiger partial charge in [0.15, 0.2) is 0 Å². The third-order valence-corrected chi connectivity index (χ3v) is 6.01. The van der Waals surface area contributed by atoms with Gasteiger partial charge >= 0.3 is 6.18 Å². The van der Waals surface area contributed by atoms with Gasteiger partial charge in [-0.05, 0) is 31.6 Å². The Morgan fingerprint density at radius 1 is 1.44 bits per heavy atom. The van der Waals surface area contributed by atoms with Gasteiger partial charge in [0.25, 0.3) is 0 Å². The molecule has 1 fully saturated rings. The highest BCUT2D eigenvalue weighted by Gasteiger charge is 2.33. The Morgan fingerprint density at radius 2 is 2.07 bits per heavy atom. The molecule has 1 aromatic rings. The van der Waals surface area contributed by atoms with Gasteiger partial charge in [0.2, 0.25) is 5.91 Å². The van der Waals surface area contributed by atoms with Crippen LogP contribution in [-0.2, 0) is 11.0 Å². The fraction of sp³-hybridized carbons (Fsp3) is 0.667. The number of nitrogens with zero attached hydrogens (tertiary/aromatic N) is 3. The van der Waals surface area contributed by atoms with Crippen molar-refractivity contribution in [3.63, 3.8) is 0 Å². The Kier molecular flexibility index (Phi) is 7.68. The molecule has 1 saturated heterocycles. The molecule has 1 aliphatic rings. The molecule has 27 heavy (non-hydrogen) atoms. The molecule has 0 saturated carbocycles. The minimum atomic E-state index is -4.47. The van der Waals surface area contributed by atoms with Gasteiger partial charge in [-0.25, -0.2) is 4.98 Å². The number of anilines is 1. The number of carbonyl (C=O) groups is 1. The molecule has 1 aliphatic heterocycles. The van der Waals surface area contributed by atoms with Crippen LogP contribution < -0.4 is 4.90 Å². The van der Waals surface area contributed by atoms with E-state index in [-0.39, 0.29) is 22.9 Å². The third-order valence-electron chi connectivity index (χ3n) is 5.02. The Labute approximate surface area is 167 Å². The van der Waals surface area contributed by atoms with Crippen molar-refractivity contribution in [1.82, 2.24) is 9.88 Å². The van der Waals surface area contributed by atoms with Crippen LogP contribution in [0.2, 0.25) is 5.02 Å². The highest BCUT2D eigenvalue weighted by atomic mass is 35.5. The summed E-state index contributed by atoms with van der Waals surface area (Å²) in [4.78, 5) is 20.4. The van der Waals surface area contributed by atoms with Crippen molar-refractivity contribution in [1.29, 1.82) is 0 Å². The Morgan fingerprint density at radius 3 is 2.56 bits per heavy atom. The summed E-state index contributed by atoms with van der Waals surface area (Å²) < 4.78 is 38.3. The molecule has 0 aliphatic carbocycles. The number of amides is 1. The zero-order valence-corrected chi connectivity index (χ0v) is 17.3. The Balaban J connectivity index is 2.00. The molecule has 9 heteroatoms. The molecule has 4 nitrogen and oxygen atoms in total. The average molecular weight is 424 g/mol. The minimum absolute atomic E-state index is 0.0160. The molecule has 0 unspecified atom stereocenters. The molecular weight excluding hydrogens is 399 g/mol. The van der Waals surface area contributed by atoms with Crippen molar-refractivity contribution >= 4 is 35.1 Å². The first-order chi connectivity index (χ1) is 12.7. The predicted molar refractivity (Wildman–Crippen MR) is 104 cm³/mol. The standard InChI is InChI=1S/C18H25ClF3N3OS/c1-4-14(11-27-3)24(2)17(26)12-5-7-25(8-6-12)16-15(19)9-13(10-23-16)18(20,21)22/h9-10,12,14H,4-8,11H2,1-3H3/t14-/m1/s1. The summed E-state index contributed by atoms with van der Waals surface area (Å²) in [5.41, 5.74) is -0.859. The van der Waals surface area contributed by atoms with Gasteiger partial charge in [0.05, 0.1) is 10.6 Å². The molecule has 1 aromatic heterocycles. The van der Waals surface area contributed by atoms with Crippen LogP contribution in [0, 0.1) is 5.92 Å². The summed E-state index contributed by atoms with van der Waals surface area (Å²) in [6.45, 7) is 3.16. The van der Waals surface area contributed by atoms with E-state index in [0.29, 0.717) is 31.7 Å². The number of carbonyl (C=O) groups excluding carboxylic acids is 1. The number of halogens is 4. The van der Waals surface area contributed by atoms with Gasteiger partial charge in [0.1, 0.15) is 5.82 Å². The number of alkyl halides is 3. The van der Waals surface area contributed by atoms with Crippen LogP contribution in [0.4, 0.5) is 19.0 Å². The fourth-order valence-corrected chi connectivity index (χ4v) is 4.45. The van der Waals surface area contributed by atoms with E-state index in [4.69, 9.17) is 11.6 Å². The maximum absolute atomic E-state index is 12.8. The molecule has 1 amide bonds. The van der Waals surface area contributed by atoms with E-state index in [1.165, 1.54) is 0 Å². The molecular formula is C18H25ClF3N3OS. The van der Waals surface area contributed by atoms with Gasteiger partial charge in [0, 0.05) is 44.0 Å². The normalized spacial score (nSPS) is 17.1. The summed E-state index contributed by atoms with van der Waals surface area (Å²) in [5, 5.41) is -0.0160. The van der Waals surface area contributed by atoms with Gasteiger partial charge in [-0.15, -0.1) is 0 Å². The van der Waals surface area contributed by atoms with Crippen molar-refractivity contribution < 1.29 is 18.0 Å². The zero-order valence-electron chi connectivity index (χ0n) is 15.7. The number of rotatable bonds is 6. The molecule has 1 atom stereocenters. The van der Waals surface area contributed by atoms with E-state index < -0.39 is 11.7 Å². The maximum Gasteiger partial charge on any atom is 0.417 e. The first-order valence-electron chi connectivity index (χ1n) is 8.92. The van der Waals surface area contributed by atoms with E-state index >= 15 is 0 Å². The van der Waals surface area contributed by atoms with Gasteiger partial charge in [-0.3, -0.25) is 4.79 Å². The van der Waals surface area contributed by atoms with Crippen molar-refractivity contribution in [3.05, 3.63) is 22.8 Å². The molecule has 0 spiro atoms. The number of pyridine rings is 1. The van der Waals surface area contributed by atoms with Crippen molar-refractivity contribution in [3.8, 4) is 0 Å². The van der Waals surface area contributed by atoms with Crippen LogP contribution in [0.5, 0.6) is 0 Å². The van der Waals surface area contributed by atoms with E-state index in [1.54, 1.807) is 11.8 Å². The first-order valence-corrected chi connectivity index (χ1v) is 10.7. The predicted octanol–water partition coefficient (Wildman–Crippen LogP) is 4.57. The van der Waals surface area contributed by atoms with E-state index in [9.17, 15) is 18.0 Å². The van der Waals surface area contributed by atoms with Crippen LogP contribution >= 0.6 is 23.4 Å². The topological polar surface area (TPSA) is 36.4 Å². The van der Waals surface area contributed by atoms with Gasteiger partial charge in [-0.2, -0.15) is 24.9 Å². The van der Waals surface area contributed by atoms with E-state index in [0.717, 1.165) is 24.4 Å². The second-order valence-electron chi connectivity index (χ2n) is 6.76. The molecule has 0 radical (unpaired) electrons. The van der Waals surface area contributed by atoms with E-state index in [2.05, 4.69) is 11.9 Å². The minimum Gasteiger partial charge on any atom is -0.355 e. The van der Waals surface area contributed by atoms with Crippen LogP contribution in [-0.4, -0.2) is 54.0 Å². The molecule has 2 rings (SSSR count). The molecule has 2 heterocycles. The highest BCUT2D eigenvalue weighted by Crippen LogP contribution is 2.34. The molecule has 152 valence electrons. The fourth-order valence-electron chi connectivity index (χ4n) is 3.32. The van der Waals surface area contributed by atoms with E-state index in [1.807, 2.05) is 23.1 Å². The summed E-state index contributed by atoms with van der Waals surface area (Å²) in [7, 11) is 1.85. The van der Waals surface area contributed by atoms with Crippen LogP contribution in [0.25, 0.3) is 0 Å². The van der Waals surface area contributed by atoms with Crippen LogP contribution in [0.3, 0.4) is 0 Å². The van der Waals surface area contributed by atoms with Crippen molar-refractivity contribution in [2.24, 2.45) is 5.92 Å². The number of thioether (sulfide) groups is 1. The summed E-state index contributed by atoms with van der Waals surface area (Å²) >= 11 is 7.76. The smallest absolute Gasteiger partial charge is 0.355 e. The summed E-state index contributed by atoms with van der Waals surface area (Å²) in [6.07, 6.45) is 0.551. The second kappa shape index (κ2) is 9.37. The quantitative estimate of drug-likeness (QED) is 0.671. The summed E-state index contributed by atoms with van der Waals surface area (Å²) in [6, 6.07) is 1.12. The molecule has 0 N–H and O–H groups in total. The van der Waals surface area contributed by atoms with Crippen LogP contribution in [0.1, 0.15) is 31.7 Å². The van der Waals surface area contributed by atoms with Gasteiger partial charge in [-0.1, -0.05) is 18.5 Å². The largest absolute Gasteiger partial charge is 0.417 e. The monoisotopic (exact) mass is 423 g/mol. The SMILES string of the molecule is CC[C@H](CSC)N(C)C(=O)C1CCN(c2ncc(C(F)(F)F)cc2Cl)CC1. The summed E-state index contributed by atoms with van der Waals surface area (Å²) in [5.74, 6) is 1.32. The lowest BCUT2D eigenvalue weighted by Gasteiger charge is -2.36. The lowest BCUT2D eigenvalue weighted by atomic mass is 9.94. The Hall–Kier alpha value is -1.15.